The smallest absolute Gasteiger partial charge is 0.247 e. The van der Waals surface area contributed by atoms with E-state index in [0.29, 0.717) is 18.3 Å². The molecule has 6 heteroatoms. The average Bonchev–Trinajstić information content (AvgIpc) is 3.37. The molecule has 0 spiro atoms. The van der Waals surface area contributed by atoms with Crippen molar-refractivity contribution in [2.45, 2.75) is 20.4 Å². The van der Waals surface area contributed by atoms with Crippen molar-refractivity contribution in [3.05, 3.63) is 83.7 Å². The summed E-state index contributed by atoms with van der Waals surface area (Å²) in [6.07, 6.45) is 0. The van der Waals surface area contributed by atoms with Crippen molar-refractivity contribution in [1.29, 1.82) is 0 Å². The molecule has 0 bridgehead atoms. The standard InChI is InChI=1S/C25H19N5O/c1-15-12-16(2)23-18(13-15)22-24(27-20-11-7-6-10-19(20)26-22)30(23)14-21-28-29-25(31-21)17-8-4-3-5-9-17/h3-13H,14H2,1-2H3. The Morgan fingerprint density at radius 2 is 1.58 bits per heavy atom. The number of fused-ring (bicyclic) bond motifs is 4. The second-order valence-electron chi connectivity index (χ2n) is 7.82. The summed E-state index contributed by atoms with van der Waals surface area (Å²) in [6, 6.07) is 22.1. The van der Waals surface area contributed by atoms with E-state index >= 15 is 0 Å². The predicted molar refractivity (Wildman–Crippen MR) is 121 cm³/mol. The third-order valence-electron chi connectivity index (χ3n) is 5.56. The van der Waals surface area contributed by atoms with Crippen LogP contribution in [0, 0.1) is 13.8 Å². The van der Waals surface area contributed by atoms with Gasteiger partial charge in [0, 0.05) is 10.9 Å². The van der Waals surface area contributed by atoms with Gasteiger partial charge in [-0.3, -0.25) is 0 Å². The van der Waals surface area contributed by atoms with Crippen molar-refractivity contribution in [3.63, 3.8) is 0 Å². The zero-order chi connectivity index (χ0) is 20.9. The first-order valence-electron chi connectivity index (χ1n) is 10.2. The highest BCUT2D eigenvalue weighted by atomic mass is 16.4. The molecule has 0 saturated heterocycles. The Morgan fingerprint density at radius 3 is 2.39 bits per heavy atom. The fourth-order valence-electron chi connectivity index (χ4n) is 4.27. The number of nitrogens with zero attached hydrogens (tertiary/aromatic N) is 5. The van der Waals surface area contributed by atoms with E-state index in [0.717, 1.165) is 38.7 Å². The lowest BCUT2D eigenvalue weighted by molar-refractivity contribution is 0.494. The minimum Gasteiger partial charge on any atom is -0.419 e. The summed E-state index contributed by atoms with van der Waals surface area (Å²) < 4.78 is 8.14. The maximum Gasteiger partial charge on any atom is 0.247 e. The molecular weight excluding hydrogens is 386 g/mol. The molecule has 0 aliphatic rings. The van der Waals surface area contributed by atoms with E-state index in [1.54, 1.807) is 0 Å². The Morgan fingerprint density at radius 1 is 0.839 bits per heavy atom. The monoisotopic (exact) mass is 405 g/mol. The molecule has 0 atom stereocenters. The molecule has 3 aromatic heterocycles. The molecule has 0 saturated carbocycles. The number of aryl methyl sites for hydroxylation is 2. The van der Waals surface area contributed by atoms with Crippen LogP contribution in [0.1, 0.15) is 17.0 Å². The van der Waals surface area contributed by atoms with Crippen LogP contribution in [0.15, 0.2) is 71.1 Å². The molecule has 6 aromatic rings. The number of hydrogen-bond donors (Lipinski definition) is 0. The third kappa shape index (κ3) is 2.87. The quantitative estimate of drug-likeness (QED) is 0.391. The van der Waals surface area contributed by atoms with Gasteiger partial charge in [-0.15, -0.1) is 10.2 Å². The van der Waals surface area contributed by atoms with Gasteiger partial charge < -0.3 is 8.98 Å². The highest BCUT2D eigenvalue weighted by molar-refractivity contribution is 6.07. The first kappa shape index (κ1) is 17.8. The molecule has 0 unspecified atom stereocenters. The average molecular weight is 405 g/mol. The SMILES string of the molecule is Cc1cc(C)c2c(c1)c1nc3ccccc3nc1n2Cc1nnc(-c2ccccc2)o1. The van der Waals surface area contributed by atoms with Crippen LogP contribution < -0.4 is 0 Å². The summed E-state index contributed by atoms with van der Waals surface area (Å²) >= 11 is 0. The van der Waals surface area contributed by atoms with Crippen molar-refractivity contribution in [2.75, 3.05) is 0 Å². The molecule has 0 radical (unpaired) electrons. The highest BCUT2D eigenvalue weighted by Gasteiger charge is 2.19. The lowest BCUT2D eigenvalue weighted by Gasteiger charge is -2.06. The van der Waals surface area contributed by atoms with E-state index in [9.17, 15) is 0 Å². The van der Waals surface area contributed by atoms with Gasteiger partial charge in [0.25, 0.3) is 0 Å². The van der Waals surface area contributed by atoms with Crippen molar-refractivity contribution >= 4 is 33.1 Å². The summed E-state index contributed by atoms with van der Waals surface area (Å²) in [5, 5.41) is 9.64. The van der Waals surface area contributed by atoms with Crippen molar-refractivity contribution in [1.82, 2.24) is 24.7 Å². The molecule has 0 aliphatic carbocycles. The minimum atomic E-state index is 0.427. The van der Waals surface area contributed by atoms with Gasteiger partial charge in [0.05, 0.1) is 16.6 Å². The Kier molecular flexibility index (Phi) is 3.86. The summed E-state index contributed by atoms with van der Waals surface area (Å²) in [5.41, 5.74) is 7.83. The minimum absolute atomic E-state index is 0.427. The van der Waals surface area contributed by atoms with Crippen LogP contribution in [-0.2, 0) is 6.54 Å². The molecule has 0 N–H and O–H groups in total. The Hall–Kier alpha value is -4.06. The molecule has 0 amide bonds. The second-order valence-corrected chi connectivity index (χ2v) is 7.82. The lowest BCUT2D eigenvalue weighted by Crippen LogP contribution is -2.02. The molecule has 3 heterocycles. The fraction of sp³-hybridized carbons (Fsp3) is 0.120. The molecular formula is C25H19N5O. The van der Waals surface area contributed by atoms with Crippen LogP contribution >= 0.6 is 0 Å². The van der Waals surface area contributed by atoms with Gasteiger partial charge in [0.15, 0.2) is 5.65 Å². The van der Waals surface area contributed by atoms with Crippen molar-refractivity contribution in [2.24, 2.45) is 0 Å². The molecule has 6 rings (SSSR count). The number of aromatic nitrogens is 5. The predicted octanol–water partition coefficient (Wildman–Crippen LogP) is 5.45. The van der Waals surface area contributed by atoms with Crippen molar-refractivity contribution < 1.29 is 4.42 Å². The van der Waals surface area contributed by atoms with E-state index in [4.69, 9.17) is 14.4 Å². The number of hydrogen-bond acceptors (Lipinski definition) is 5. The lowest BCUT2D eigenvalue weighted by atomic mass is 10.1. The van der Waals surface area contributed by atoms with E-state index in [2.05, 4.69) is 40.7 Å². The topological polar surface area (TPSA) is 69.6 Å². The van der Waals surface area contributed by atoms with E-state index in [-0.39, 0.29) is 0 Å². The van der Waals surface area contributed by atoms with Gasteiger partial charge >= 0.3 is 0 Å². The zero-order valence-corrected chi connectivity index (χ0v) is 17.2. The molecule has 31 heavy (non-hydrogen) atoms. The van der Waals surface area contributed by atoms with Gasteiger partial charge in [0.2, 0.25) is 11.8 Å². The zero-order valence-electron chi connectivity index (χ0n) is 17.2. The normalized spacial score (nSPS) is 11.7. The van der Waals surface area contributed by atoms with Crippen LogP contribution in [0.4, 0.5) is 0 Å². The summed E-state index contributed by atoms with van der Waals surface area (Å²) in [6.45, 7) is 4.65. The Labute approximate surface area is 178 Å². The fourth-order valence-corrected chi connectivity index (χ4v) is 4.27. The van der Waals surface area contributed by atoms with Crippen LogP contribution in [-0.4, -0.2) is 24.7 Å². The van der Waals surface area contributed by atoms with Gasteiger partial charge in [0.1, 0.15) is 12.1 Å². The van der Waals surface area contributed by atoms with Crippen LogP contribution in [0.25, 0.3) is 44.6 Å². The van der Waals surface area contributed by atoms with Gasteiger partial charge in [-0.25, -0.2) is 9.97 Å². The summed E-state index contributed by atoms with van der Waals surface area (Å²) in [5.74, 6) is 1.05. The second kappa shape index (κ2) is 6.74. The number of para-hydroxylation sites is 2. The summed E-state index contributed by atoms with van der Waals surface area (Å²) in [7, 11) is 0. The maximum atomic E-state index is 6.00. The molecule has 150 valence electrons. The van der Waals surface area contributed by atoms with Gasteiger partial charge in [-0.2, -0.15) is 0 Å². The van der Waals surface area contributed by atoms with E-state index in [1.807, 2.05) is 54.6 Å². The first-order chi connectivity index (χ1) is 15.2. The number of rotatable bonds is 3. The largest absolute Gasteiger partial charge is 0.419 e. The molecule has 3 aromatic carbocycles. The Balaban J connectivity index is 1.58. The van der Waals surface area contributed by atoms with Crippen molar-refractivity contribution in [3.8, 4) is 11.5 Å². The van der Waals surface area contributed by atoms with E-state index in [1.165, 1.54) is 11.1 Å². The molecule has 6 nitrogen and oxygen atoms in total. The highest BCUT2D eigenvalue weighted by Crippen LogP contribution is 2.32. The molecule has 0 fully saturated rings. The van der Waals surface area contributed by atoms with Crippen LogP contribution in [0.3, 0.4) is 0 Å². The Bertz CT molecular complexity index is 1580. The summed E-state index contributed by atoms with van der Waals surface area (Å²) in [4.78, 5) is 9.91. The van der Waals surface area contributed by atoms with Crippen LogP contribution in [0.2, 0.25) is 0 Å². The van der Waals surface area contributed by atoms with Gasteiger partial charge in [-0.1, -0.05) is 42.0 Å². The maximum absolute atomic E-state index is 6.00. The van der Waals surface area contributed by atoms with E-state index < -0.39 is 0 Å². The first-order valence-corrected chi connectivity index (χ1v) is 10.2. The van der Waals surface area contributed by atoms with Gasteiger partial charge in [-0.05, 0) is 49.7 Å². The molecule has 0 aliphatic heterocycles. The third-order valence-corrected chi connectivity index (χ3v) is 5.56. The van der Waals surface area contributed by atoms with Crippen LogP contribution in [0.5, 0.6) is 0 Å². The number of benzene rings is 3.